The lowest BCUT2D eigenvalue weighted by molar-refractivity contribution is -0.117. The first-order valence-corrected chi connectivity index (χ1v) is 12.1. The Balaban J connectivity index is 0.000000513. The fraction of sp³-hybridized carbons (Fsp3) is 0.300. The normalized spacial score (nSPS) is 9.11. The van der Waals surface area contributed by atoms with Crippen molar-refractivity contribution in [2.45, 2.75) is 59.8 Å². The first-order chi connectivity index (χ1) is 17.2. The molecule has 0 aliphatic heterocycles. The van der Waals surface area contributed by atoms with Gasteiger partial charge in [-0.3, -0.25) is 0 Å². The summed E-state index contributed by atoms with van der Waals surface area (Å²) in [7, 11) is 0. The van der Waals surface area contributed by atoms with E-state index in [1.165, 1.54) is 12.1 Å². The molecule has 0 saturated carbocycles. The Hall–Kier alpha value is -3.93. The number of rotatable bonds is 7. The van der Waals surface area contributed by atoms with Gasteiger partial charge in [0.1, 0.15) is 28.6 Å². The SMILES string of the molecule is CCCC(C)=O.CCCCC(C)=O.Nc1ccccc1.O=C(Oc1ccccc1)c1ccccc1O. The third-order valence-electron chi connectivity index (χ3n) is 4.36. The van der Waals surface area contributed by atoms with Crippen LogP contribution in [0.25, 0.3) is 0 Å². The number of hydrogen-bond acceptors (Lipinski definition) is 6. The van der Waals surface area contributed by atoms with Crippen molar-refractivity contribution < 1.29 is 24.2 Å². The third-order valence-corrected chi connectivity index (χ3v) is 4.36. The maximum atomic E-state index is 11.7. The zero-order valence-corrected chi connectivity index (χ0v) is 21.8. The first-order valence-electron chi connectivity index (χ1n) is 12.1. The van der Waals surface area contributed by atoms with Gasteiger partial charge in [0.2, 0.25) is 0 Å². The van der Waals surface area contributed by atoms with Crippen molar-refractivity contribution >= 4 is 23.2 Å². The molecule has 0 spiro atoms. The standard InChI is InChI=1S/C13H10O3.C6H7N.C6H12O.C5H10O/c14-12-9-5-4-8-11(12)13(15)16-10-6-2-1-3-7-10;7-6-4-2-1-3-5-6;1-3-4-5-6(2)7;1-3-4-5(2)6/h1-9,14H;1-5H,7H2;3-5H2,1-2H3;3-4H2,1-2H3. The Morgan fingerprint density at radius 2 is 1.22 bits per heavy atom. The molecule has 3 aromatic carbocycles. The average molecular weight is 494 g/mol. The lowest BCUT2D eigenvalue weighted by atomic mass is 10.2. The highest BCUT2D eigenvalue weighted by molar-refractivity contribution is 5.93. The van der Waals surface area contributed by atoms with E-state index >= 15 is 0 Å². The van der Waals surface area contributed by atoms with Crippen molar-refractivity contribution in [2.24, 2.45) is 0 Å². The number of para-hydroxylation sites is 3. The Labute approximate surface area is 215 Å². The molecule has 36 heavy (non-hydrogen) atoms. The van der Waals surface area contributed by atoms with E-state index in [1.807, 2.05) is 43.3 Å². The summed E-state index contributed by atoms with van der Waals surface area (Å²) in [6.07, 6.45) is 4.65. The fourth-order valence-electron chi connectivity index (χ4n) is 2.53. The first kappa shape index (κ1) is 32.1. The van der Waals surface area contributed by atoms with Crippen LogP contribution in [0.2, 0.25) is 0 Å². The van der Waals surface area contributed by atoms with Crippen LogP contribution in [0, 0.1) is 0 Å². The van der Waals surface area contributed by atoms with E-state index in [9.17, 15) is 19.5 Å². The Kier molecular flexibility index (Phi) is 18.2. The number of carbonyl (C=O) groups is 3. The van der Waals surface area contributed by atoms with Crippen LogP contribution in [0.5, 0.6) is 11.5 Å². The van der Waals surface area contributed by atoms with Crippen molar-refractivity contribution in [1.82, 2.24) is 0 Å². The van der Waals surface area contributed by atoms with Gasteiger partial charge in [-0.1, -0.05) is 68.8 Å². The van der Waals surface area contributed by atoms with Crippen LogP contribution in [0.15, 0.2) is 84.9 Å². The van der Waals surface area contributed by atoms with Gasteiger partial charge in [0.05, 0.1) is 0 Å². The minimum atomic E-state index is -0.565. The number of nitrogen functional groups attached to an aromatic ring is 1. The van der Waals surface area contributed by atoms with E-state index < -0.39 is 5.97 Å². The molecule has 6 heteroatoms. The number of aromatic hydroxyl groups is 1. The molecule has 3 N–H and O–H groups in total. The summed E-state index contributed by atoms with van der Waals surface area (Å²) in [5.74, 6) is 0.405. The van der Waals surface area contributed by atoms with Gasteiger partial charge in [-0.25, -0.2) is 4.79 Å². The Morgan fingerprint density at radius 1 is 0.722 bits per heavy atom. The summed E-state index contributed by atoms with van der Waals surface area (Å²) in [6, 6.07) is 24.5. The van der Waals surface area contributed by atoms with Crippen molar-refractivity contribution in [2.75, 3.05) is 5.73 Å². The number of unbranched alkanes of at least 4 members (excludes halogenated alkanes) is 1. The summed E-state index contributed by atoms with van der Waals surface area (Å²) in [4.78, 5) is 31.9. The number of ether oxygens (including phenoxy) is 1. The highest BCUT2D eigenvalue weighted by atomic mass is 16.5. The van der Waals surface area contributed by atoms with E-state index in [0.717, 1.165) is 37.8 Å². The lowest BCUT2D eigenvalue weighted by Gasteiger charge is -2.04. The summed E-state index contributed by atoms with van der Waals surface area (Å²) >= 11 is 0. The smallest absolute Gasteiger partial charge is 0.347 e. The van der Waals surface area contributed by atoms with Crippen molar-refractivity contribution in [3.8, 4) is 11.5 Å². The van der Waals surface area contributed by atoms with Gasteiger partial charge < -0.3 is 25.2 Å². The number of esters is 1. The van der Waals surface area contributed by atoms with Gasteiger partial charge in [0, 0.05) is 18.5 Å². The number of hydrogen-bond donors (Lipinski definition) is 2. The molecule has 0 aliphatic rings. The number of benzene rings is 3. The molecule has 0 bridgehead atoms. The van der Waals surface area contributed by atoms with Gasteiger partial charge in [-0.15, -0.1) is 0 Å². The quantitative estimate of drug-likeness (QED) is 0.208. The predicted octanol–water partition coefficient (Wildman–Crippen LogP) is 7.02. The zero-order valence-electron chi connectivity index (χ0n) is 21.8. The number of carbonyl (C=O) groups excluding carboxylic acids is 3. The topological polar surface area (TPSA) is 107 Å². The molecular formula is C30H39NO5. The number of Topliss-reactive ketones (excluding diaryl/α,β-unsaturated/α-hetero) is 2. The van der Waals surface area contributed by atoms with E-state index in [-0.39, 0.29) is 17.1 Å². The van der Waals surface area contributed by atoms with E-state index in [0.29, 0.717) is 11.5 Å². The Morgan fingerprint density at radius 3 is 1.58 bits per heavy atom. The van der Waals surface area contributed by atoms with Gasteiger partial charge in [0.25, 0.3) is 0 Å². The minimum absolute atomic E-state index is 0.0802. The average Bonchev–Trinajstić information content (AvgIpc) is 2.85. The molecule has 0 saturated heterocycles. The number of ketones is 2. The molecule has 0 atom stereocenters. The predicted molar refractivity (Wildman–Crippen MR) is 146 cm³/mol. The molecule has 6 nitrogen and oxygen atoms in total. The molecule has 0 aromatic heterocycles. The molecule has 0 fully saturated rings. The molecular weight excluding hydrogens is 454 g/mol. The van der Waals surface area contributed by atoms with Gasteiger partial charge in [-0.2, -0.15) is 0 Å². The van der Waals surface area contributed by atoms with Crippen molar-refractivity contribution in [3.05, 3.63) is 90.5 Å². The molecule has 3 rings (SSSR count). The number of phenols is 1. The summed E-state index contributed by atoms with van der Waals surface area (Å²) in [5.41, 5.74) is 6.34. The third kappa shape index (κ3) is 17.5. The van der Waals surface area contributed by atoms with Gasteiger partial charge in [0.15, 0.2) is 0 Å². The largest absolute Gasteiger partial charge is 0.507 e. The molecule has 0 radical (unpaired) electrons. The molecule has 0 unspecified atom stereocenters. The molecule has 0 aliphatic carbocycles. The fourth-order valence-corrected chi connectivity index (χ4v) is 2.53. The number of anilines is 1. The second-order valence-corrected chi connectivity index (χ2v) is 7.89. The molecule has 0 amide bonds. The lowest BCUT2D eigenvalue weighted by Crippen LogP contribution is -2.08. The van der Waals surface area contributed by atoms with E-state index in [4.69, 9.17) is 10.5 Å². The second kappa shape index (κ2) is 20.4. The van der Waals surface area contributed by atoms with E-state index in [2.05, 4.69) is 6.92 Å². The molecule has 0 heterocycles. The van der Waals surface area contributed by atoms with Gasteiger partial charge in [-0.05, 0) is 63.1 Å². The maximum Gasteiger partial charge on any atom is 0.347 e. The number of phenolic OH excluding ortho intramolecular Hbond substituents is 1. The van der Waals surface area contributed by atoms with Crippen molar-refractivity contribution in [3.63, 3.8) is 0 Å². The summed E-state index contributed by atoms with van der Waals surface area (Å²) in [6.45, 7) is 7.34. The highest BCUT2D eigenvalue weighted by Gasteiger charge is 2.12. The van der Waals surface area contributed by atoms with Crippen molar-refractivity contribution in [1.29, 1.82) is 0 Å². The Bertz CT molecular complexity index is 1000. The van der Waals surface area contributed by atoms with E-state index in [1.54, 1.807) is 50.2 Å². The van der Waals surface area contributed by atoms with Crippen LogP contribution in [0.4, 0.5) is 5.69 Å². The highest BCUT2D eigenvalue weighted by Crippen LogP contribution is 2.18. The molecule has 194 valence electrons. The summed E-state index contributed by atoms with van der Waals surface area (Å²) in [5, 5.41) is 9.46. The van der Waals surface area contributed by atoms with Crippen LogP contribution in [0.3, 0.4) is 0 Å². The number of nitrogens with two attached hydrogens (primary N) is 1. The second-order valence-electron chi connectivity index (χ2n) is 7.89. The van der Waals surface area contributed by atoms with Crippen LogP contribution in [-0.2, 0) is 9.59 Å². The van der Waals surface area contributed by atoms with Crippen LogP contribution < -0.4 is 10.5 Å². The van der Waals surface area contributed by atoms with Gasteiger partial charge >= 0.3 is 5.97 Å². The maximum absolute atomic E-state index is 11.7. The monoisotopic (exact) mass is 493 g/mol. The van der Waals surface area contributed by atoms with Crippen LogP contribution >= 0.6 is 0 Å². The summed E-state index contributed by atoms with van der Waals surface area (Å²) < 4.78 is 5.08. The van der Waals surface area contributed by atoms with Crippen LogP contribution in [0.1, 0.15) is 70.2 Å². The zero-order chi connectivity index (χ0) is 27.2. The van der Waals surface area contributed by atoms with Crippen LogP contribution in [-0.4, -0.2) is 22.6 Å². The minimum Gasteiger partial charge on any atom is -0.507 e. The molecule has 3 aromatic rings.